The Kier molecular flexibility index (Phi) is 8.73. The maximum absolute atomic E-state index is 12.8. The van der Waals surface area contributed by atoms with Crippen LogP contribution in [-0.4, -0.2) is 81.5 Å². The molecule has 0 amide bonds. The predicted octanol–water partition coefficient (Wildman–Crippen LogP) is 2.56. The molecule has 9 heteroatoms. The van der Waals surface area contributed by atoms with E-state index in [9.17, 15) is 13.2 Å². The van der Waals surface area contributed by atoms with Crippen LogP contribution in [0.2, 0.25) is 0 Å². The van der Waals surface area contributed by atoms with Gasteiger partial charge in [-0.2, -0.15) is 13.2 Å². The van der Waals surface area contributed by atoms with Crippen LogP contribution in [0.3, 0.4) is 0 Å². The van der Waals surface area contributed by atoms with Gasteiger partial charge in [0.15, 0.2) is 5.96 Å². The first kappa shape index (κ1) is 22.8. The van der Waals surface area contributed by atoms with Crippen molar-refractivity contribution in [2.45, 2.75) is 38.4 Å². The largest absolute Gasteiger partial charge is 0.403 e. The smallest absolute Gasteiger partial charge is 0.385 e. The fourth-order valence-electron chi connectivity index (χ4n) is 3.14. The second-order valence-electron chi connectivity index (χ2n) is 6.88. The number of aliphatic imine (C=N–C) groups is 1. The fraction of sp³-hybridized carbons (Fsp3) is 0.938. The molecular formula is C16H30F3IN4O. The molecule has 2 fully saturated rings. The molecule has 0 bridgehead atoms. The first-order valence-corrected chi connectivity index (χ1v) is 8.57. The van der Waals surface area contributed by atoms with Gasteiger partial charge in [-0.15, -0.1) is 24.0 Å². The predicted molar refractivity (Wildman–Crippen MR) is 104 cm³/mol. The highest BCUT2D eigenvalue weighted by Crippen LogP contribution is 2.48. The van der Waals surface area contributed by atoms with Gasteiger partial charge in [0.1, 0.15) is 6.04 Å². The first-order valence-electron chi connectivity index (χ1n) is 8.57. The molecular weight excluding hydrogens is 448 g/mol. The number of hydrogen-bond donors (Lipinski definition) is 1. The zero-order valence-electron chi connectivity index (χ0n) is 15.2. The molecule has 0 aromatic carbocycles. The number of halogens is 4. The highest BCUT2D eigenvalue weighted by Gasteiger charge is 2.43. The number of nitrogens with zero attached hydrogens (tertiary/aromatic N) is 3. The SMILES string of the molecule is CN=C(NCC1(CCOC)CC1)N1CCN(C(C)C(F)(F)F)CC1.I. The quantitative estimate of drug-likeness (QED) is 0.362. The summed E-state index contributed by atoms with van der Waals surface area (Å²) in [7, 11) is 3.44. The zero-order chi connectivity index (χ0) is 17.8. The highest BCUT2D eigenvalue weighted by molar-refractivity contribution is 14.0. The third-order valence-corrected chi connectivity index (χ3v) is 5.26. The Hall–Kier alpha value is -0.290. The number of guanidine groups is 1. The fourth-order valence-corrected chi connectivity index (χ4v) is 3.14. The molecule has 0 spiro atoms. The summed E-state index contributed by atoms with van der Waals surface area (Å²) in [5, 5.41) is 3.40. The molecule has 0 aromatic heterocycles. The van der Waals surface area contributed by atoms with Gasteiger partial charge in [-0.25, -0.2) is 0 Å². The van der Waals surface area contributed by atoms with Crippen molar-refractivity contribution in [1.82, 2.24) is 15.1 Å². The van der Waals surface area contributed by atoms with E-state index in [2.05, 4.69) is 10.3 Å². The summed E-state index contributed by atoms with van der Waals surface area (Å²) in [5.41, 5.74) is 0.304. The van der Waals surface area contributed by atoms with Crippen molar-refractivity contribution in [3.63, 3.8) is 0 Å². The van der Waals surface area contributed by atoms with E-state index < -0.39 is 12.2 Å². The molecule has 1 N–H and O–H groups in total. The van der Waals surface area contributed by atoms with Crippen molar-refractivity contribution in [1.29, 1.82) is 0 Å². The van der Waals surface area contributed by atoms with E-state index in [0.29, 0.717) is 31.6 Å². The Labute approximate surface area is 165 Å². The number of nitrogens with one attached hydrogen (secondary N) is 1. The molecule has 0 radical (unpaired) electrons. The molecule has 2 aliphatic rings. The van der Waals surface area contributed by atoms with E-state index in [0.717, 1.165) is 25.5 Å². The lowest BCUT2D eigenvalue weighted by Gasteiger charge is -2.39. The van der Waals surface area contributed by atoms with Crippen LogP contribution in [0.4, 0.5) is 13.2 Å². The third-order valence-electron chi connectivity index (χ3n) is 5.26. The molecule has 25 heavy (non-hydrogen) atoms. The van der Waals surface area contributed by atoms with E-state index in [1.807, 2.05) is 4.90 Å². The van der Waals surface area contributed by atoms with Crippen molar-refractivity contribution in [3.8, 4) is 0 Å². The van der Waals surface area contributed by atoms with E-state index in [4.69, 9.17) is 4.74 Å². The summed E-state index contributed by atoms with van der Waals surface area (Å²) in [6.45, 7) is 4.76. The number of rotatable bonds is 6. The van der Waals surface area contributed by atoms with E-state index in [1.54, 1.807) is 14.2 Å². The van der Waals surface area contributed by atoms with Crippen molar-refractivity contribution >= 4 is 29.9 Å². The Morgan fingerprint density at radius 2 is 1.84 bits per heavy atom. The van der Waals surface area contributed by atoms with Crippen molar-refractivity contribution in [2.75, 3.05) is 53.5 Å². The van der Waals surface area contributed by atoms with Crippen LogP contribution in [0.1, 0.15) is 26.2 Å². The van der Waals surface area contributed by atoms with Crippen LogP contribution in [0, 0.1) is 5.41 Å². The average Bonchev–Trinajstić information content (AvgIpc) is 3.33. The molecule has 1 heterocycles. The molecule has 1 atom stereocenters. The van der Waals surface area contributed by atoms with Gasteiger partial charge in [0, 0.05) is 53.5 Å². The molecule has 1 aliphatic carbocycles. The van der Waals surface area contributed by atoms with E-state index >= 15 is 0 Å². The van der Waals surface area contributed by atoms with Crippen LogP contribution in [0.25, 0.3) is 0 Å². The average molecular weight is 478 g/mol. The van der Waals surface area contributed by atoms with Crippen molar-refractivity contribution in [2.24, 2.45) is 10.4 Å². The highest BCUT2D eigenvalue weighted by atomic mass is 127. The molecule has 1 unspecified atom stereocenters. The molecule has 2 rings (SSSR count). The second kappa shape index (κ2) is 9.59. The van der Waals surface area contributed by atoms with Crippen LogP contribution in [0.5, 0.6) is 0 Å². The normalized spacial score (nSPS) is 22.3. The maximum atomic E-state index is 12.8. The number of hydrogen-bond acceptors (Lipinski definition) is 3. The Balaban J connectivity index is 0.00000312. The monoisotopic (exact) mass is 478 g/mol. The number of methoxy groups -OCH3 is 1. The molecule has 1 saturated carbocycles. The molecule has 1 saturated heterocycles. The molecule has 5 nitrogen and oxygen atoms in total. The third kappa shape index (κ3) is 6.42. The van der Waals surface area contributed by atoms with E-state index in [-0.39, 0.29) is 24.0 Å². The number of alkyl halides is 3. The minimum Gasteiger partial charge on any atom is -0.385 e. The van der Waals surface area contributed by atoms with Crippen LogP contribution in [-0.2, 0) is 4.74 Å². The van der Waals surface area contributed by atoms with Crippen LogP contribution >= 0.6 is 24.0 Å². The minimum absolute atomic E-state index is 0. The summed E-state index contributed by atoms with van der Waals surface area (Å²) < 4.78 is 43.6. The Morgan fingerprint density at radius 3 is 2.28 bits per heavy atom. The summed E-state index contributed by atoms with van der Waals surface area (Å²) >= 11 is 0. The number of piperazine rings is 1. The van der Waals surface area contributed by atoms with Gasteiger partial charge in [-0.3, -0.25) is 9.89 Å². The van der Waals surface area contributed by atoms with Crippen LogP contribution in [0.15, 0.2) is 4.99 Å². The van der Waals surface area contributed by atoms with Gasteiger partial charge in [0.2, 0.25) is 0 Å². The van der Waals surface area contributed by atoms with Gasteiger partial charge < -0.3 is 15.0 Å². The standard InChI is InChI=1S/C16H29F3N4O.HI/c1-13(16(17,18)19)22-7-9-23(10-8-22)14(20-2)21-12-15(4-5-15)6-11-24-3;/h13H,4-12H2,1-3H3,(H,20,21);1H. The number of ether oxygens (including phenoxy) is 1. The van der Waals surface area contributed by atoms with Gasteiger partial charge >= 0.3 is 6.18 Å². The van der Waals surface area contributed by atoms with Gasteiger partial charge in [0.25, 0.3) is 0 Å². The topological polar surface area (TPSA) is 40.1 Å². The van der Waals surface area contributed by atoms with Crippen molar-refractivity contribution in [3.05, 3.63) is 0 Å². The van der Waals surface area contributed by atoms with Crippen molar-refractivity contribution < 1.29 is 17.9 Å². The molecule has 1 aliphatic heterocycles. The summed E-state index contributed by atoms with van der Waals surface area (Å²) in [5.74, 6) is 0.790. The Morgan fingerprint density at radius 1 is 1.24 bits per heavy atom. The maximum Gasteiger partial charge on any atom is 0.403 e. The van der Waals surface area contributed by atoms with Gasteiger partial charge in [0.05, 0.1) is 0 Å². The van der Waals surface area contributed by atoms with Gasteiger partial charge in [-0.05, 0) is 31.6 Å². The second-order valence-corrected chi connectivity index (χ2v) is 6.88. The lowest BCUT2D eigenvalue weighted by Crippen LogP contribution is -2.57. The van der Waals surface area contributed by atoms with E-state index in [1.165, 1.54) is 24.7 Å². The summed E-state index contributed by atoms with van der Waals surface area (Å²) in [4.78, 5) is 7.84. The van der Waals surface area contributed by atoms with Gasteiger partial charge in [-0.1, -0.05) is 0 Å². The lowest BCUT2D eigenvalue weighted by molar-refractivity contribution is -0.181. The zero-order valence-corrected chi connectivity index (χ0v) is 17.6. The molecule has 0 aromatic rings. The first-order chi connectivity index (χ1) is 11.3. The summed E-state index contributed by atoms with van der Waals surface area (Å²) in [6, 6.07) is -1.39. The molecule has 148 valence electrons. The lowest BCUT2D eigenvalue weighted by atomic mass is 10.0. The van der Waals surface area contributed by atoms with Crippen LogP contribution < -0.4 is 5.32 Å². The summed E-state index contributed by atoms with van der Waals surface area (Å²) in [6.07, 6.45) is -0.749. The minimum atomic E-state index is -4.16. The Bertz CT molecular complexity index is 436.